The first-order chi connectivity index (χ1) is 5.91. The number of hydrogen-bond acceptors (Lipinski definition) is 4. The molecule has 14 heavy (non-hydrogen) atoms. The van der Waals surface area contributed by atoms with Crippen LogP contribution in [0.3, 0.4) is 0 Å². The van der Waals surface area contributed by atoms with Crippen molar-refractivity contribution < 1.29 is 69.1 Å². The van der Waals surface area contributed by atoms with Crippen LogP contribution in [0.5, 0.6) is 0 Å². The van der Waals surface area contributed by atoms with Crippen LogP contribution in [0, 0.1) is 0 Å². The second-order valence-corrected chi connectivity index (χ2v) is 3.95. The number of nitrogens with one attached hydrogen (secondary N) is 1. The van der Waals surface area contributed by atoms with E-state index in [9.17, 15) is 17.8 Å². The van der Waals surface area contributed by atoms with Gasteiger partial charge in [-0.25, -0.2) is 8.42 Å². The predicted molar refractivity (Wildman–Crippen MR) is 46.7 cm³/mol. The third kappa shape index (κ3) is 7.10. The largest absolute Gasteiger partial charge is 1.00 e. The second kappa shape index (κ2) is 7.97. The minimum Gasteiger partial charge on any atom is -0.746 e. The van der Waals surface area contributed by atoms with Crippen molar-refractivity contribution in [1.29, 1.82) is 0 Å². The van der Waals surface area contributed by atoms with Gasteiger partial charge in [-0.2, -0.15) is 0 Å². The summed E-state index contributed by atoms with van der Waals surface area (Å²) in [5.74, 6) is -0.575. The van der Waals surface area contributed by atoms with Gasteiger partial charge in [0.05, 0.1) is 0 Å². The van der Waals surface area contributed by atoms with Gasteiger partial charge in [-0.15, -0.1) is 0 Å². The summed E-state index contributed by atoms with van der Waals surface area (Å²) in [6.45, 7) is 3.13. The smallest absolute Gasteiger partial charge is 0.746 e. The zero-order valence-corrected chi connectivity index (χ0v) is 12.4. The van der Waals surface area contributed by atoms with Gasteiger partial charge in [0.2, 0.25) is 5.91 Å². The van der Waals surface area contributed by atoms with E-state index in [-0.39, 0.29) is 57.8 Å². The summed E-state index contributed by atoms with van der Waals surface area (Å²) < 4.78 is 31.5. The maximum absolute atomic E-state index is 10.9. The fraction of sp³-hybridized carbons (Fsp3) is 0.571. The average Bonchev–Trinajstić information content (AvgIpc) is 1.98. The summed E-state index contributed by atoms with van der Waals surface area (Å²) in [5.41, 5.74) is 0. The van der Waals surface area contributed by atoms with E-state index >= 15 is 0 Å². The quantitative estimate of drug-likeness (QED) is 0.324. The molecule has 1 amide bonds. The first kappa shape index (κ1) is 17.2. The monoisotopic (exact) mass is 245 g/mol. The molecule has 0 spiro atoms. The molecule has 0 aliphatic carbocycles. The van der Waals surface area contributed by atoms with E-state index in [0.717, 1.165) is 6.08 Å². The molecule has 0 aliphatic heterocycles. The summed E-state index contributed by atoms with van der Waals surface area (Å²) in [6, 6.07) is 0. The first-order valence-corrected chi connectivity index (χ1v) is 5.26. The maximum Gasteiger partial charge on any atom is 1.00 e. The molecule has 0 saturated heterocycles. The second-order valence-electron chi connectivity index (χ2n) is 2.40. The third-order valence-corrected chi connectivity index (χ3v) is 2.49. The maximum atomic E-state index is 10.9. The van der Waals surface area contributed by atoms with Gasteiger partial charge in [0, 0.05) is 0 Å². The molecule has 1 atom stereocenters. The minimum atomic E-state index is -4.44. The van der Waals surface area contributed by atoms with Crippen LogP contribution in [-0.4, -0.2) is 24.3 Å². The molecule has 0 bridgehead atoms. The molecule has 0 aromatic heterocycles. The summed E-state index contributed by atoms with van der Waals surface area (Å²) in [7, 11) is -4.44. The van der Waals surface area contributed by atoms with Crippen LogP contribution in [0.4, 0.5) is 0 Å². The summed E-state index contributed by atoms with van der Waals surface area (Å²) >= 11 is 0. The number of carbonyl (C=O) groups is 1. The third-order valence-electron chi connectivity index (χ3n) is 1.34. The van der Waals surface area contributed by atoms with E-state index in [1.165, 1.54) is 13.0 Å². The van der Waals surface area contributed by atoms with Crippen molar-refractivity contribution in [2.45, 2.75) is 25.6 Å². The Morgan fingerprint density at radius 1 is 1.57 bits per heavy atom. The van der Waals surface area contributed by atoms with Crippen LogP contribution >= 0.6 is 0 Å². The van der Waals surface area contributed by atoms with Crippen molar-refractivity contribution in [3.8, 4) is 0 Å². The van der Waals surface area contributed by atoms with E-state index in [2.05, 4.69) is 5.32 Å². The summed E-state index contributed by atoms with van der Waals surface area (Å²) in [6.07, 6.45) is 2.68. The van der Waals surface area contributed by atoms with Gasteiger partial charge in [0.15, 0.2) is 0 Å². The topological polar surface area (TPSA) is 86.3 Å². The van der Waals surface area contributed by atoms with Gasteiger partial charge in [-0.3, -0.25) is 4.79 Å². The molecule has 0 aromatic rings. The van der Waals surface area contributed by atoms with Crippen molar-refractivity contribution in [2.24, 2.45) is 0 Å². The average molecular weight is 245 g/mol. The van der Waals surface area contributed by atoms with Crippen LogP contribution in [0.25, 0.3) is 0 Å². The molecular formula is C7H12KNO4S. The van der Waals surface area contributed by atoms with Crippen LogP contribution in [-0.2, 0) is 14.9 Å². The Labute approximate surface area is 127 Å². The number of allylic oxidation sites excluding steroid dienone is 1. The zero-order valence-electron chi connectivity index (χ0n) is 8.48. The number of rotatable bonds is 4. The van der Waals surface area contributed by atoms with Crippen LogP contribution in [0.15, 0.2) is 12.2 Å². The molecule has 76 valence electrons. The van der Waals surface area contributed by atoms with Crippen molar-refractivity contribution in [3.63, 3.8) is 0 Å². The molecule has 0 heterocycles. The van der Waals surface area contributed by atoms with Gasteiger partial charge in [0.1, 0.15) is 15.5 Å². The van der Waals surface area contributed by atoms with E-state index in [1.807, 2.05) is 0 Å². The van der Waals surface area contributed by atoms with Gasteiger partial charge in [-0.1, -0.05) is 13.0 Å². The van der Waals surface area contributed by atoms with E-state index in [1.54, 1.807) is 6.92 Å². The Kier molecular flexibility index (Phi) is 9.77. The molecule has 5 nitrogen and oxygen atoms in total. The Balaban J connectivity index is 0. The number of carbonyl (C=O) groups excluding carboxylic acids is 1. The van der Waals surface area contributed by atoms with Crippen LogP contribution in [0.2, 0.25) is 0 Å². The van der Waals surface area contributed by atoms with Gasteiger partial charge < -0.3 is 9.87 Å². The van der Waals surface area contributed by atoms with Gasteiger partial charge in [-0.05, 0) is 19.4 Å². The SMILES string of the molecule is CC=CC(=O)NC(CC)S(=O)(=O)[O-].[K+]. The molecule has 7 heteroatoms. The number of hydrogen-bond donors (Lipinski definition) is 1. The predicted octanol–water partition coefficient (Wildman–Crippen LogP) is -3.04. The summed E-state index contributed by atoms with van der Waals surface area (Å²) in [4.78, 5) is 10.9. The van der Waals surface area contributed by atoms with Gasteiger partial charge >= 0.3 is 51.4 Å². The van der Waals surface area contributed by atoms with Crippen molar-refractivity contribution in [3.05, 3.63) is 12.2 Å². The van der Waals surface area contributed by atoms with E-state index in [4.69, 9.17) is 0 Å². The molecule has 0 rings (SSSR count). The molecule has 0 radical (unpaired) electrons. The Morgan fingerprint density at radius 3 is 2.36 bits per heavy atom. The summed E-state index contributed by atoms with van der Waals surface area (Å²) in [5, 5.41) is 0.744. The molecule has 1 unspecified atom stereocenters. The van der Waals surface area contributed by atoms with Crippen molar-refractivity contribution in [1.82, 2.24) is 5.32 Å². The Hall–Kier alpha value is 0.756. The number of amides is 1. The minimum absolute atomic E-state index is 0. The molecule has 0 saturated carbocycles. The van der Waals surface area contributed by atoms with Crippen molar-refractivity contribution in [2.75, 3.05) is 0 Å². The normalized spacial score (nSPS) is 13.4. The first-order valence-electron chi connectivity index (χ1n) is 3.79. The zero-order chi connectivity index (χ0) is 10.5. The van der Waals surface area contributed by atoms with Crippen LogP contribution < -0.4 is 56.7 Å². The molecule has 0 aromatic carbocycles. The Bertz CT molecular complexity index is 299. The fourth-order valence-electron chi connectivity index (χ4n) is 0.737. The van der Waals surface area contributed by atoms with Gasteiger partial charge in [0.25, 0.3) is 0 Å². The molecule has 0 fully saturated rings. The fourth-order valence-corrected chi connectivity index (χ4v) is 1.41. The van der Waals surface area contributed by atoms with E-state index < -0.39 is 21.4 Å². The molecule has 1 N–H and O–H groups in total. The van der Waals surface area contributed by atoms with Crippen molar-refractivity contribution >= 4 is 16.0 Å². The standard InChI is InChI=1S/C7H13NO4S.K/c1-3-5-6(9)8-7(4-2)13(10,11)12;/h3,5,7H,4H2,1-2H3,(H,8,9)(H,10,11,12);/q;+1/p-1. The Morgan fingerprint density at radius 2 is 2.07 bits per heavy atom. The van der Waals surface area contributed by atoms with E-state index in [0.29, 0.717) is 0 Å². The van der Waals surface area contributed by atoms with Crippen LogP contribution in [0.1, 0.15) is 20.3 Å². The molecule has 0 aliphatic rings. The molecular weight excluding hydrogens is 233 g/mol.